The summed E-state index contributed by atoms with van der Waals surface area (Å²) in [6.07, 6.45) is 3.71. The van der Waals surface area contributed by atoms with Crippen molar-refractivity contribution < 1.29 is 23.5 Å². The molecule has 42 heavy (non-hydrogen) atoms. The van der Waals surface area contributed by atoms with E-state index in [4.69, 9.17) is 16.3 Å². The third-order valence-corrected chi connectivity index (χ3v) is 8.95. The molecular formula is C35H25ClFNO4. The molecule has 0 aromatic heterocycles. The van der Waals surface area contributed by atoms with E-state index in [1.54, 1.807) is 42.5 Å². The van der Waals surface area contributed by atoms with Gasteiger partial charge < -0.3 is 9.64 Å². The van der Waals surface area contributed by atoms with E-state index in [1.807, 2.05) is 48.2 Å². The number of Topliss-reactive ketones (excluding diaryl/α,β-unsaturated/α-hetero) is 3. The van der Waals surface area contributed by atoms with Crippen molar-refractivity contribution in [3.63, 3.8) is 0 Å². The molecule has 1 spiro atoms. The number of fused-ring (bicyclic) bond motifs is 5. The highest BCUT2D eigenvalue weighted by atomic mass is 35.5. The molecule has 0 N–H and O–H groups in total. The molecule has 7 heteroatoms. The number of nitrogens with zero attached hydrogens (tertiary/aromatic N) is 1. The Bertz CT molecular complexity index is 1780. The maximum Gasteiger partial charge on any atom is 0.185 e. The highest BCUT2D eigenvalue weighted by Crippen LogP contribution is 2.62. The molecule has 3 atom stereocenters. The number of carbonyl (C=O) groups is 3. The Morgan fingerprint density at radius 3 is 2.29 bits per heavy atom. The van der Waals surface area contributed by atoms with E-state index in [0.29, 0.717) is 39.8 Å². The topological polar surface area (TPSA) is 63.7 Å². The molecule has 3 aliphatic rings. The number of anilines is 1. The fraction of sp³-hybridized carbons (Fsp3) is 0.171. The summed E-state index contributed by atoms with van der Waals surface area (Å²) in [6.45, 7) is 2.21. The van der Waals surface area contributed by atoms with Gasteiger partial charge in [0.25, 0.3) is 0 Å². The minimum atomic E-state index is -1.66. The summed E-state index contributed by atoms with van der Waals surface area (Å²) in [5.74, 6) is -1.89. The van der Waals surface area contributed by atoms with Crippen LogP contribution < -0.4 is 9.64 Å². The van der Waals surface area contributed by atoms with Gasteiger partial charge in [-0.25, -0.2) is 4.39 Å². The summed E-state index contributed by atoms with van der Waals surface area (Å²) in [6, 6.07) is 23.0. The van der Waals surface area contributed by atoms with Gasteiger partial charge in [0.15, 0.2) is 17.3 Å². The average Bonchev–Trinajstić information content (AvgIpc) is 3.43. The average molecular weight is 578 g/mol. The van der Waals surface area contributed by atoms with Crippen LogP contribution in [0.2, 0.25) is 5.02 Å². The fourth-order valence-electron chi connectivity index (χ4n) is 7.10. The molecule has 4 aromatic carbocycles. The van der Waals surface area contributed by atoms with Gasteiger partial charge in [0.05, 0.1) is 12.6 Å². The number of hydrogen-bond acceptors (Lipinski definition) is 5. The Kier molecular flexibility index (Phi) is 6.13. The van der Waals surface area contributed by atoms with Crippen LogP contribution in [-0.4, -0.2) is 36.0 Å². The minimum Gasteiger partial charge on any atom is -0.494 e. The van der Waals surface area contributed by atoms with Crippen molar-refractivity contribution in [2.45, 2.75) is 24.9 Å². The maximum atomic E-state index is 14.8. The van der Waals surface area contributed by atoms with Gasteiger partial charge in [-0.3, -0.25) is 14.4 Å². The lowest BCUT2D eigenvalue weighted by atomic mass is 9.64. The lowest BCUT2D eigenvalue weighted by Crippen LogP contribution is -2.48. The van der Waals surface area contributed by atoms with Crippen molar-refractivity contribution in [1.82, 2.24) is 0 Å². The molecular weight excluding hydrogens is 553 g/mol. The van der Waals surface area contributed by atoms with Crippen LogP contribution in [0.5, 0.6) is 5.75 Å². The first kappa shape index (κ1) is 26.4. The number of rotatable bonds is 5. The Morgan fingerprint density at radius 1 is 0.929 bits per heavy atom. The minimum absolute atomic E-state index is 0.275. The van der Waals surface area contributed by atoms with Gasteiger partial charge in [-0.15, -0.1) is 0 Å². The van der Waals surface area contributed by atoms with Gasteiger partial charge in [-0.2, -0.15) is 0 Å². The number of hydrogen-bond donors (Lipinski definition) is 0. The summed E-state index contributed by atoms with van der Waals surface area (Å²) in [7, 11) is 0. The molecule has 0 unspecified atom stereocenters. The molecule has 0 bridgehead atoms. The molecule has 4 aromatic rings. The second kappa shape index (κ2) is 9.78. The summed E-state index contributed by atoms with van der Waals surface area (Å²) >= 11 is 6.36. The number of ketones is 3. The van der Waals surface area contributed by atoms with Gasteiger partial charge in [0.2, 0.25) is 0 Å². The molecule has 2 aliphatic heterocycles. The van der Waals surface area contributed by atoms with Crippen molar-refractivity contribution >= 4 is 40.7 Å². The Morgan fingerprint density at radius 2 is 1.60 bits per heavy atom. The van der Waals surface area contributed by atoms with Crippen LogP contribution in [0.4, 0.5) is 10.1 Å². The van der Waals surface area contributed by atoms with E-state index in [1.165, 1.54) is 24.3 Å². The lowest BCUT2D eigenvalue weighted by molar-refractivity contribution is 0.0664. The third kappa shape index (κ3) is 3.58. The van der Waals surface area contributed by atoms with Crippen molar-refractivity contribution in [3.8, 4) is 5.75 Å². The molecule has 0 saturated carbocycles. The highest BCUT2D eigenvalue weighted by molar-refractivity contribution is 6.33. The predicted molar refractivity (Wildman–Crippen MR) is 159 cm³/mol. The van der Waals surface area contributed by atoms with Crippen LogP contribution in [0.15, 0.2) is 97.1 Å². The molecule has 1 saturated heterocycles. The monoisotopic (exact) mass is 577 g/mol. The quantitative estimate of drug-likeness (QED) is 0.185. The maximum absolute atomic E-state index is 14.8. The Balaban J connectivity index is 1.56. The van der Waals surface area contributed by atoms with Gasteiger partial charge in [0, 0.05) is 38.9 Å². The number of ether oxygens (including phenoxy) is 1. The van der Waals surface area contributed by atoms with Gasteiger partial charge in [-0.1, -0.05) is 66.2 Å². The van der Waals surface area contributed by atoms with Crippen LogP contribution in [0, 0.1) is 11.2 Å². The first-order valence-corrected chi connectivity index (χ1v) is 14.2. The molecule has 0 radical (unpaired) electrons. The van der Waals surface area contributed by atoms with Crippen LogP contribution in [0.3, 0.4) is 0 Å². The van der Waals surface area contributed by atoms with Gasteiger partial charge >= 0.3 is 0 Å². The molecule has 7 rings (SSSR count). The fourth-order valence-corrected chi connectivity index (χ4v) is 7.28. The predicted octanol–water partition coefficient (Wildman–Crippen LogP) is 7.19. The zero-order chi connectivity index (χ0) is 29.2. The number of carbonyl (C=O) groups excluding carboxylic acids is 3. The zero-order valence-corrected chi connectivity index (χ0v) is 23.3. The van der Waals surface area contributed by atoms with Crippen LogP contribution in [-0.2, 0) is 0 Å². The van der Waals surface area contributed by atoms with Gasteiger partial charge in [-0.05, 0) is 61.0 Å². The number of para-hydroxylation sites is 1. The second-order valence-corrected chi connectivity index (χ2v) is 11.2. The summed E-state index contributed by atoms with van der Waals surface area (Å²) < 4.78 is 20.0. The van der Waals surface area contributed by atoms with Crippen molar-refractivity contribution in [3.05, 3.63) is 136 Å². The van der Waals surface area contributed by atoms with Crippen molar-refractivity contribution in [2.24, 2.45) is 5.41 Å². The Labute approximate surface area is 247 Å². The molecule has 5 nitrogen and oxygen atoms in total. The second-order valence-electron chi connectivity index (χ2n) is 10.8. The van der Waals surface area contributed by atoms with Crippen molar-refractivity contribution in [1.29, 1.82) is 0 Å². The summed E-state index contributed by atoms with van der Waals surface area (Å²) in [5.41, 5.74) is 1.33. The number of benzene rings is 4. The zero-order valence-electron chi connectivity index (χ0n) is 22.6. The van der Waals surface area contributed by atoms with E-state index in [9.17, 15) is 18.8 Å². The first-order valence-electron chi connectivity index (χ1n) is 13.8. The normalized spacial score (nSPS) is 21.3. The highest BCUT2D eigenvalue weighted by Gasteiger charge is 2.71. The molecule has 2 heterocycles. The van der Waals surface area contributed by atoms with Gasteiger partial charge in [0.1, 0.15) is 23.0 Å². The van der Waals surface area contributed by atoms with Crippen molar-refractivity contribution in [2.75, 3.05) is 11.5 Å². The SMILES string of the molecule is CCOc1ccccc1[C@H]1[C@H](C(=O)c2ccc(F)cc2)N2c3ccc(Cl)cc3C=C[C@H]2C12C(=O)c1ccccc1C2=O. The van der Waals surface area contributed by atoms with Crippen LogP contribution >= 0.6 is 11.6 Å². The molecule has 1 fully saturated rings. The van der Waals surface area contributed by atoms with E-state index >= 15 is 0 Å². The summed E-state index contributed by atoms with van der Waals surface area (Å²) in [5, 5.41) is 0.519. The standard InChI is InChI=1S/C35H25ClFNO4/c1-2-42-28-10-6-5-9-26(28)30-31(32(39)20-11-15-23(37)16-12-20)38-27-17-14-22(36)19-21(27)13-18-29(38)35(30)33(40)24-7-3-4-8-25(24)34(35)41/h3-19,29-31H,2H2,1H3/t29-,30-,31+/m0/s1. The van der Waals surface area contributed by atoms with Crippen LogP contribution in [0.25, 0.3) is 6.08 Å². The first-order chi connectivity index (χ1) is 20.4. The van der Waals surface area contributed by atoms with E-state index in [0.717, 1.165) is 5.56 Å². The molecule has 1 aliphatic carbocycles. The lowest BCUT2D eigenvalue weighted by Gasteiger charge is -2.37. The number of halogens is 2. The van der Waals surface area contributed by atoms with E-state index in [-0.39, 0.29) is 22.9 Å². The summed E-state index contributed by atoms with van der Waals surface area (Å²) in [4.78, 5) is 46.1. The third-order valence-electron chi connectivity index (χ3n) is 8.72. The van der Waals surface area contributed by atoms with E-state index < -0.39 is 29.2 Å². The molecule has 208 valence electrons. The van der Waals surface area contributed by atoms with Crippen LogP contribution in [0.1, 0.15) is 55.0 Å². The van der Waals surface area contributed by atoms with E-state index in [2.05, 4.69) is 0 Å². The Hall–Kier alpha value is -4.55. The largest absolute Gasteiger partial charge is 0.494 e. The smallest absolute Gasteiger partial charge is 0.185 e. The molecule has 0 amide bonds.